The van der Waals surface area contributed by atoms with Crippen molar-refractivity contribution in [3.8, 4) is 0 Å². The molecule has 0 saturated heterocycles. The molecule has 100 valence electrons. The van der Waals surface area contributed by atoms with Gasteiger partial charge in [0.1, 0.15) is 4.21 Å². The van der Waals surface area contributed by atoms with Gasteiger partial charge in [-0.05, 0) is 33.1 Å². The largest absolute Gasteiger partial charge is 0.253 e. The highest BCUT2D eigenvalue weighted by Gasteiger charge is 2.32. The van der Waals surface area contributed by atoms with Gasteiger partial charge in [0.15, 0.2) is 0 Å². The van der Waals surface area contributed by atoms with Crippen LogP contribution >= 0.6 is 38.9 Å². The van der Waals surface area contributed by atoms with Crippen molar-refractivity contribution in [1.29, 1.82) is 0 Å². The molecule has 3 nitrogen and oxygen atoms in total. The molecule has 0 radical (unpaired) electrons. The Hall–Kier alpha value is -0.400. The van der Waals surface area contributed by atoms with Crippen LogP contribution in [0, 0.1) is 0 Å². The van der Waals surface area contributed by atoms with Gasteiger partial charge in [-0.2, -0.15) is 4.31 Å². The molecular weight excluding hydrogens is 370 g/mol. The first-order valence-corrected chi connectivity index (χ1v) is 8.93. The lowest BCUT2D eigenvalue weighted by Gasteiger charge is -2.13. The van der Waals surface area contributed by atoms with Crippen LogP contribution in [0.15, 0.2) is 38.3 Å². The van der Waals surface area contributed by atoms with Crippen LogP contribution in [0.5, 0.6) is 0 Å². The molecule has 1 aromatic heterocycles. The monoisotopic (exact) mass is 377 g/mol. The Kier molecular flexibility index (Phi) is 3.47. The van der Waals surface area contributed by atoms with E-state index in [0.29, 0.717) is 21.9 Å². The van der Waals surface area contributed by atoms with Crippen LogP contribution in [0.25, 0.3) is 0 Å². The summed E-state index contributed by atoms with van der Waals surface area (Å²) in [6.45, 7) is 0.845. The van der Waals surface area contributed by atoms with E-state index in [-0.39, 0.29) is 4.21 Å². The lowest BCUT2D eigenvalue weighted by molar-refractivity contribution is 0.433. The highest BCUT2D eigenvalue weighted by atomic mass is 79.9. The summed E-state index contributed by atoms with van der Waals surface area (Å²) in [5.74, 6) is 0. The molecule has 1 aliphatic rings. The summed E-state index contributed by atoms with van der Waals surface area (Å²) < 4.78 is 27.4. The van der Waals surface area contributed by atoms with Gasteiger partial charge in [-0.25, -0.2) is 8.42 Å². The standard InChI is InChI=1S/C12H9BrClNO2S2/c13-12-10(14)5-11(18-12)19(16,17)15-6-8-3-1-2-4-9(8)7-15/h1-5H,6-7H2. The molecule has 2 aromatic rings. The zero-order valence-corrected chi connectivity index (χ0v) is 13.6. The minimum atomic E-state index is -3.47. The van der Waals surface area contributed by atoms with Crippen molar-refractivity contribution in [3.63, 3.8) is 0 Å². The van der Waals surface area contributed by atoms with Gasteiger partial charge in [0.25, 0.3) is 10.0 Å². The zero-order valence-electron chi connectivity index (χ0n) is 9.64. The summed E-state index contributed by atoms with van der Waals surface area (Å²) in [4.78, 5) is 0. The van der Waals surface area contributed by atoms with Crippen LogP contribution in [-0.4, -0.2) is 12.7 Å². The van der Waals surface area contributed by atoms with Crippen LogP contribution in [-0.2, 0) is 23.1 Å². The smallest absolute Gasteiger partial charge is 0.206 e. The fraction of sp³-hybridized carbons (Fsp3) is 0.167. The molecule has 19 heavy (non-hydrogen) atoms. The second-order valence-corrected chi connectivity index (χ2v) is 9.17. The highest BCUT2D eigenvalue weighted by Crippen LogP contribution is 2.37. The van der Waals surface area contributed by atoms with Crippen LogP contribution in [0.1, 0.15) is 11.1 Å². The molecule has 0 bridgehead atoms. The summed E-state index contributed by atoms with van der Waals surface area (Å²) in [7, 11) is -3.47. The maximum Gasteiger partial charge on any atom is 0.253 e. The predicted octanol–water partition coefficient (Wildman–Crippen LogP) is 3.87. The molecule has 0 saturated carbocycles. The highest BCUT2D eigenvalue weighted by molar-refractivity contribution is 9.11. The van der Waals surface area contributed by atoms with Crippen LogP contribution in [0.4, 0.5) is 0 Å². The minimum absolute atomic E-state index is 0.275. The summed E-state index contributed by atoms with van der Waals surface area (Å²) >= 11 is 10.3. The summed E-state index contributed by atoms with van der Waals surface area (Å²) in [5.41, 5.74) is 2.13. The molecule has 0 unspecified atom stereocenters. The summed E-state index contributed by atoms with van der Waals surface area (Å²) in [6.07, 6.45) is 0. The lowest BCUT2D eigenvalue weighted by atomic mass is 10.1. The van der Waals surface area contributed by atoms with Crippen molar-refractivity contribution in [2.75, 3.05) is 0 Å². The topological polar surface area (TPSA) is 37.4 Å². The molecule has 0 fully saturated rings. The van der Waals surface area contributed by atoms with E-state index in [1.807, 2.05) is 24.3 Å². The maximum absolute atomic E-state index is 12.5. The quantitative estimate of drug-likeness (QED) is 0.795. The van der Waals surface area contributed by atoms with E-state index in [9.17, 15) is 8.42 Å². The number of nitrogens with zero attached hydrogens (tertiary/aromatic N) is 1. The molecule has 0 atom stereocenters. The first kappa shape index (κ1) is 13.6. The van der Waals surface area contributed by atoms with E-state index in [4.69, 9.17) is 11.6 Å². The fourth-order valence-electron chi connectivity index (χ4n) is 2.05. The SMILES string of the molecule is O=S(=O)(c1cc(Cl)c(Br)s1)N1Cc2ccccc2C1. The van der Waals surface area contributed by atoms with E-state index >= 15 is 0 Å². The Bertz CT molecular complexity index is 697. The van der Waals surface area contributed by atoms with Crippen LogP contribution in [0.2, 0.25) is 5.02 Å². The number of sulfonamides is 1. The van der Waals surface area contributed by atoms with E-state index in [2.05, 4.69) is 15.9 Å². The molecule has 1 aliphatic heterocycles. The zero-order chi connectivity index (χ0) is 13.6. The van der Waals surface area contributed by atoms with Crippen molar-refractivity contribution in [1.82, 2.24) is 4.31 Å². The predicted molar refractivity (Wildman–Crippen MR) is 79.9 cm³/mol. The molecule has 0 aliphatic carbocycles. The Labute approximate surface area is 129 Å². The molecule has 0 spiro atoms. The molecular formula is C12H9BrClNO2S2. The average molecular weight is 379 g/mol. The van der Waals surface area contributed by atoms with Gasteiger partial charge in [0, 0.05) is 13.1 Å². The van der Waals surface area contributed by atoms with Crippen molar-refractivity contribution < 1.29 is 8.42 Å². The molecule has 7 heteroatoms. The van der Waals surface area contributed by atoms with Gasteiger partial charge in [0.2, 0.25) is 0 Å². The third-order valence-corrected chi connectivity index (χ3v) is 7.74. The van der Waals surface area contributed by atoms with Gasteiger partial charge < -0.3 is 0 Å². The van der Waals surface area contributed by atoms with Crippen molar-refractivity contribution in [3.05, 3.63) is 50.3 Å². The van der Waals surface area contributed by atoms with Gasteiger partial charge in [-0.3, -0.25) is 0 Å². The number of fused-ring (bicyclic) bond motifs is 1. The van der Waals surface area contributed by atoms with Gasteiger partial charge >= 0.3 is 0 Å². The maximum atomic E-state index is 12.5. The van der Waals surface area contributed by atoms with Gasteiger partial charge in [0.05, 0.1) is 8.81 Å². The van der Waals surface area contributed by atoms with Gasteiger partial charge in [-0.15, -0.1) is 11.3 Å². The Morgan fingerprint density at radius 1 is 1.21 bits per heavy atom. The normalized spacial score (nSPS) is 15.7. The molecule has 1 aromatic carbocycles. The molecule has 0 N–H and O–H groups in total. The number of halogens is 2. The van der Waals surface area contributed by atoms with Crippen molar-refractivity contribution in [2.24, 2.45) is 0 Å². The van der Waals surface area contributed by atoms with Crippen molar-refractivity contribution >= 4 is 48.9 Å². The number of thiophene rings is 1. The lowest BCUT2D eigenvalue weighted by Crippen LogP contribution is -2.24. The number of benzene rings is 1. The Balaban J connectivity index is 1.96. The number of hydrogen-bond acceptors (Lipinski definition) is 3. The van der Waals surface area contributed by atoms with E-state index in [1.54, 1.807) is 0 Å². The number of rotatable bonds is 2. The Morgan fingerprint density at radius 3 is 2.26 bits per heavy atom. The Morgan fingerprint density at radius 2 is 1.79 bits per heavy atom. The van der Waals surface area contributed by atoms with E-state index in [0.717, 1.165) is 22.5 Å². The molecule has 3 rings (SSSR count). The first-order chi connectivity index (χ1) is 8.98. The van der Waals surface area contributed by atoms with E-state index < -0.39 is 10.0 Å². The van der Waals surface area contributed by atoms with Crippen molar-refractivity contribution in [2.45, 2.75) is 17.3 Å². The summed E-state index contributed by atoms with van der Waals surface area (Å²) in [6, 6.07) is 9.26. The van der Waals surface area contributed by atoms with Crippen LogP contribution in [0.3, 0.4) is 0 Å². The minimum Gasteiger partial charge on any atom is -0.206 e. The second kappa shape index (κ2) is 4.86. The summed E-state index contributed by atoms with van der Waals surface area (Å²) in [5, 5.41) is 0.431. The van der Waals surface area contributed by atoms with E-state index in [1.165, 1.54) is 10.4 Å². The molecule has 2 heterocycles. The average Bonchev–Trinajstić information content (AvgIpc) is 2.94. The third-order valence-electron chi connectivity index (χ3n) is 3.03. The van der Waals surface area contributed by atoms with Gasteiger partial charge in [-0.1, -0.05) is 35.9 Å². The molecule has 0 amide bonds. The van der Waals surface area contributed by atoms with Crippen LogP contribution < -0.4 is 0 Å². The third kappa shape index (κ3) is 2.36. The second-order valence-electron chi connectivity index (χ2n) is 4.23. The first-order valence-electron chi connectivity index (χ1n) is 5.50. The number of hydrogen-bond donors (Lipinski definition) is 0. The fourth-order valence-corrected chi connectivity index (χ4v) is 6.00.